The first-order chi connectivity index (χ1) is 15.9. The average Bonchev–Trinajstić information content (AvgIpc) is 3.39. The summed E-state index contributed by atoms with van der Waals surface area (Å²) in [6, 6.07) is 13.9. The maximum absolute atomic E-state index is 11.1. The zero-order valence-corrected chi connectivity index (χ0v) is 19.8. The Balaban J connectivity index is 1.50. The summed E-state index contributed by atoms with van der Waals surface area (Å²) in [6.45, 7) is 7.08. The molecule has 6 heteroatoms. The van der Waals surface area contributed by atoms with Crippen LogP contribution in [-0.2, 0) is 17.9 Å². The normalized spacial score (nSPS) is 11.7. The first kappa shape index (κ1) is 22.6. The van der Waals surface area contributed by atoms with E-state index in [-0.39, 0.29) is 12.3 Å². The van der Waals surface area contributed by atoms with E-state index in [1.165, 1.54) is 16.5 Å². The number of carboxylic acids is 1. The molecule has 1 atom stereocenters. The van der Waals surface area contributed by atoms with E-state index in [4.69, 9.17) is 9.84 Å². The number of thiazole rings is 1. The molecule has 0 saturated carbocycles. The smallest absolute Gasteiger partial charge is 0.304 e. The minimum absolute atomic E-state index is 0.0135. The van der Waals surface area contributed by atoms with Gasteiger partial charge in [0.05, 0.1) is 35.1 Å². The number of hydrogen-bond acceptors (Lipinski definition) is 4. The van der Waals surface area contributed by atoms with E-state index in [0.717, 1.165) is 34.1 Å². The van der Waals surface area contributed by atoms with Crippen LogP contribution in [0.15, 0.2) is 54.0 Å². The summed E-state index contributed by atoms with van der Waals surface area (Å²) in [5, 5.41) is 13.5. The van der Waals surface area contributed by atoms with Crippen LogP contribution in [0.4, 0.5) is 0 Å². The highest BCUT2D eigenvalue weighted by Gasteiger charge is 2.14. The first-order valence-corrected chi connectivity index (χ1v) is 11.7. The number of carbonyl (C=O) groups is 1. The van der Waals surface area contributed by atoms with Gasteiger partial charge in [-0.3, -0.25) is 4.79 Å². The molecule has 168 valence electrons. The highest BCUT2D eigenvalue weighted by Crippen LogP contribution is 2.27. The quantitative estimate of drug-likeness (QED) is 0.333. The topological polar surface area (TPSA) is 64.3 Å². The third kappa shape index (κ3) is 5.27. The van der Waals surface area contributed by atoms with Gasteiger partial charge in [-0.15, -0.1) is 17.3 Å². The van der Waals surface area contributed by atoms with Crippen LogP contribution < -0.4 is 4.74 Å². The second kappa shape index (κ2) is 9.93. The molecule has 1 N–H and O–H groups in total. The van der Waals surface area contributed by atoms with Crippen LogP contribution in [0.3, 0.4) is 0 Å². The van der Waals surface area contributed by atoms with E-state index >= 15 is 0 Å². The van der Waals surface area contributed by atoms with Gasteiger partial charge in [-0.05, 0) is 61.0 Å². The van der Waals surface area contributed by atoms with Gasteiger partial charge in [0.15, 0.2) is 0 Å². The van der Waals surface area contributed by atoms with Gasteiger partial charge < -0.3 is 14.4 Å². The summed E-state index contributed by atoms with van der Waals surface area (Å²) in [4.78, 5) is 15.7. The molecule has 0 fully saturated rings. The molecule has 4 rings (SSSR count). The van der Waals surface area contributed by atoms with Crippen LogP contribution in [0, 0.1) is 25.7 Å². The molecule has 5 nitrogen and oxygen atoms in total. The Morgan fingerprint density at radius 1 is 1.18 bits per heavy atom. The highest BCUT2D eigenvalue weighted by atomic mass is 32.1. The molecule has 0 aliphatic heterocycles. The fraction of sp³-hybridized carbons (Fsp3) is 0.259. The number of aliphatic carboxylic acids is 1. The van der Waals surface area contributed by atoms with E-state index < -0.39 is 5.97 Å². The van der Waals surface area contributed by atoms with Crippen molar-refractivity contribution in [3.05, 3.63) is 81.4 Å². The van der Waals surface area contributed by atoms with Crippen molar-refractivity contribution in [1.29, 1.82) is 0 Å². The Morgan fingerprint density at radius 2 is 1.97 bits per heavy atom. The lowest BCUT2D eigenvalue weighted by Gasteiger charge is -2.13. The van der Waals surface area contributed by atoms with Crippen LogP contribution >= 0.6 is 11.3 Å². The number of benzene rings is 2. The number of hydrogen-bond donors (Lipinski definition) is 1. The molecule has 33 heavy (non-hydrogen) atoms. The van der Waals surface area contributed by atoms with Crippen molar-refractivity contribution in [1.82, 2.24) is 9.55 Å². The number of carboxylic acid groups (broad SMARTS) is 1. The van der Waals surface area contributed by atoms with Crippen molar-refractivity contribution >= 4 is 28.2 Å². The van der Waals surface area contributed by atoms with Crippen LogP contribution in [0.25, 0.3) is 10.9 Å². The third-order valence-electron chi connectivity index (χ3n) is 5.67. The van der Waals surface area contributed by atoms with Gasteiger partial charge in [0, 0.05) is 11.6 Å². The molecule has 2 aromatic carbocycles. The third-order valence-corrected chi connectivity index (χ3v) is 6.49. The number of rotatable bonds is 8. The maximum Gasteiger partial charge on any atom is 0.304 e. The SMILES string of the molecule is CC#CC(CC(=O)O)c1ccc(OCc2ccc3ccn(Cc4csc(C)n4)c3c2C)cc1. The monoisotopic (exact) mass is 458 g/mol. The van der Waals surface area contributed by atoms with E-state index in [2.05, 4.69) is 58.1 Å². The molecule has 0 aliphatic carbocycles. The standard InChI is InChI=1S/C27H26N2O3S/c1-4-5-22(14-26(30)31)20-8-10-25(11-9-20)32-16-23-7-6-21-12-13-29(27(21)18(23)2)15-24-17-33-19(3)28-24/h6-13,17,22H,14-16H2,1-3H3,(H,30,31). The molecule has 4 aromatic rings. The molecular formula is C27H26N2O3S. The summed E-state index contributed by atoms with van der Waals surface area (Å²) < 4.78 is 8.31. The minimum Gasteiger partial charge on any atom is -0.489 e. The Morgan fingerprint density at radius 3 is 2.64 bits per heavy atom. The molecule has 0 saturated heterocycles. The fourth-order valence-corrected chi connectivity index (χ4v) is 4.63. The van der Waals surface area contributed by atoms with Crippen LogP contribution in [0.5, 0.6) is 5.75 Å². The van der Waals surface area contributed by atoms with E-state index in [1.807, 2.05) is 31.2 Å². The van der Waals surface area contributed by atoms with Gasteiger partial charge in [-0.1, -0.05) is 30.2 Å². The predicted octanol–water partition coefficient (Wildman–Crippen LogP) is 5.92. The minimum atomic E-state index is -0.858. The number of fused-ring (bicyclic) bond motifs is 1. The number of aryl methyl sites for hydroxylation is 2. The van der Waals surface area contributed by atoms with Gasteiger partial charge >= 0.3 is 5.97 Å². The van der Waals surface area contributed by atoms with Crippen molar-refractivity contribution in [2.45, 2.75) is 46.3 Å². The summed E-state index contributed by atoms with van der Waals surface area (Å²) in [7, 11) is 0. The summed E-state index contributed by atoms with van der Waals surface area (Å²) in [5.74, 6) is 5.36. The van der Waals surface area contributed by atoms with Crippen LogP contribution in [0.2, 0.25) is 0 Å². The van der Waals surface area contributed by atoms with E-state index in [0.29, 0.717) is 6.61 Å². The van der Waals surface area contributed by atoms with Gasteiger partial charge in [-0.25, -0.2) is 4.98 Å². The van der Waals surface area contributed by atoms with E-state index in [1.54, 1.807) is 18.3 Å². The number of nitrogens with zero attached hydrogens (tertiary/aromatic N) is 2. The van der Waals surface area contributed by atoms with Crippen molar-refractivity contribution in [2.24, 2.45) is 0 Å². The van der Waals surface area contributed by atoms with Crippen molar-refractivity contribution in [3.63, 3.8) is 0 Å². The molecule has 2 aromatic heterocycles. The van der Waals surface area contributed by atoms with Crippen molar-refractivity contribution in [2.75, 3.05) is 0 Å². The predicted molar refractivity (Wildman–Crippen MR) is 132 cm³/mol. The lowest BCUT2D eigenvalue weighted by atomic mass is 9.96. The molecule has 1 unspecified atom stereocenters. The van der Waals surface area contributed by atoms with Crippen LogP contribution in [0.1, 0.15) is 46.7 Å². The van der Waals surface area contributed by atoms with Crippen molar-refractivity contribution < 1.29 is 14.6 Å². The molecule has 0 spiro atoms. The fourth-order valence-electron chi connectivity index (χ4n) is 4.03. The van der Waals surface area contributed by atoms with Crippen LogP contribution in [-0.4, -0.2) is 20.6 Å². The molecule has 0 aliphatic rings. The Labute approximate surface area is 197 Å². The van der Waals surface area contributed by atoms with Gasteiger partial charge in [0.1, 0.15) is 12.4 Å². The average molecular weight is 459 g/mol. The zero-order valence-electron chi connectivity index (χ0n) is 19.0. The summed E-state index contributed by atoms with van der Waals surface area (Å²) in [5.41, 5.74) is 5.48. The Kier molecular flexibility index (Phi) is 6.81. The van der Waals surface area contributed by atoms with Gasteiger partial charge in [-0.2, -0.15) is 0 Å². The molecule has 2 heterocycles. The highest BCUT2D eigenvalue weighted by molar-refractivity contribution is 7.09. The summed E-state index contributed by atoms with van der Waals surface area (Å²) >= 11 is 1.67. The molecule has 0 radical (unpaired) electrons. The second-order valence-electron chi connectivity index (χ2n) is 7.99. The molecular weight excluding hydrogens is 432 g/mol. The summed E-state index contributed by atoms with van der Waals surface area (Å²) in [6.07, 6.45) is 2.10. The zero-order chi connectivity index (χ0) is 23.4. The lowest BCUT2D eigenvalue weighted by Crippen LogP contribution is -2.05. The number of aromatic nitrogens is 2. The molecule has 0 amide bonds. The largest absolute Gasteiger partial charge is 0.489 e. The second-order valence-corrected chi connectivity index (χ2v) is 9.05. The van der Waals surface area contributed by atoms with Gasteiger partial charge in [0.25, 0.3) is 0 Å². The first-order valence-electron chi connectivity index (χ1n) is 10.8. The Bertz CT molecular complexity index is 1340. The van der Waals surface area contributed by atoms with Crippen molar-refractivity contribution in [3.8, 4) is 17.6 Å². The van der Waals surface area contributed by atoms with E-state index in [9.17, 15) is 4.79 Å². The van der Waals surface area contributed by atoms with Gasteiger partial charge in [0.2, 0.25) is 0 Å². The lowest BCUT2D eigenvalue weighted by molar-refractivity contribution is -0.137. The number of ether oxygens (including phenoxy) is 1. The molecule has 0 bridgehead atoms. The Hall–Kier alpha value is -3.56. The maximum atomic E-state index is 11.1.